The number of quaternary nitrogens is 1. The Morgan fingerprint density at radius 1 is 0.441 bits per heavy atom. The molecule has 0 unspecified atom stereocenters. The highest BCUT2D eigenvalue weighted by Crippen LogP contribution is 2.28. The van der Waals surface area contributed by atoms with Crippen LogP contribution in [0.15, 0.2) is 127 Å². The van der Waals surface area contributed by atoms with Gasteiger partial charge < -0.3 is 4.90 Å². The van der Waals surface area contributed by atoms with Crippen molar-refractivity contribution in [3.05, 3.63) is 133 Å². The van der Waals surface area contributed by atoms with Crippen molar-refractivity contribution in [2.45, 2.75) is 6.92 Å². The summed E-state index contributed by atoms with van der Waals surface area (Å²) < 4.78 is 0. The first-order valence-corrected chi connectivity index (χ1v) is 11.7. The maximum atomic E-state index is 2.22. The molecule has 0 amide bonds. The Balaban J connectivity index is 1.25. The number of nitrogens with zero attached hydrogens (tertiary/aromatic N) is 1. The summed E-state index contributed by atoms with van der Waals surface area (Å²) in [5, 5.41) is 2.22. The SMILES string of the molecule is Cc1ccc(N(C)c2ccc(-c3ccc([NH2+]c4ccc(-c5ccccc5)cc4)cc3)cc2)cc1. The van der Waals surface area contributed by atoms with Crippen molar-refractivity contribution in [2.24, 2.45) is 0 Å². The van der Waals surface area contributed by atoms with Crippen molar-refractivity contribution in [3.8, 4) is 22.3 Å². The molecule has 2 nitrogen and oxygen atoms in total. The van der Waals surface area contributed by atoms with Crippen molar-refractivity contribution < 1.29 is 5.32 Å². The number of hydrogen-bond donors (Lipinski definition) is 1. The fourth-order valence-corrected chi connectivity index (χ4v) is 4.16. The van der Waals surface area contributed by atoms with Crippen LogP contribution >= 0.6 is 0 Å². The maximum Gasteiger partial charge on any atom is 0.134 e. The van der Waals surface area contributed by atoms with E-state index >= 15 is 0 Å². The highest BCUT2D eigenvalue weighted by molar-refractivity contribution is 5.70. The predicted octanol–water partition coefficient (Wildman–Crippen LogP) is 7.62. The largest absolute Gasteiger partial charge is 0.345 e. The minimum atomic E-state index is 1.18. The smallest absolute Gasteiger partial charge is 0.134 e. The zero-order valence-electron chi connectivity index (χ0n) is 19.6. The molecule has 5 rings (SSSR count). The first-order chi connectivity index (χ1) is 16.7. The Labute approximate surface area is 202 Å². The predicted molar refractivity (Wildman–Crippen MR) is 144 cm³/mol. The molecule has 166 valence electrons. The second-order valence-electron chi connectivity index (χ2n) is 8.70. The number of anilines is 2. The van der Waals surface area contributed by atoms with Crippen molar-refractivity contribution in [1.82, 2.24) is 0 Å². The van der Waals surface area contributed by atoms with Gasteiger partial charge in [-0.1, -0.05) is 60.2 Å². The summed E-state index contributed by atoms with van der Waals surface area (Å²) in [5.41, 5.74) is 11.0. The number of nitrogens with two attached hydrogens (primary N) is 1. The van der Waals surface area contributed by atoms with E-state index in [0.717, 1.165) is 0 Å². The lowest BCUT2D eigenvalue weighted by atomic mass is 10.0. The molecule has 0 aliphatic rings. The second-order valence-corrected chi connectivity index (χ2v) is 8.70. The minimum Gasteiger partial charge on any atom is -0.345 e. The summed E-state index contributed by atoms with van der Waals surface area (Å²) in [5.74, 6) is 0. The lowest BCUT2D eigenvalue weighted by molar-refractivity contribution is -0.478. The molecular formula is C32H29N2+. The summed E-state index contributed by atoms with van der Waals surface area (Å²) >= 11 is 0. The van der Waals surface area contributed by atoms with Gasteiger partial charge in [-0.2, -0.15) is 0 Å². The number of benzene rings is 5. The van der Waals surface area contributed by atoms with Gasteiger partial charge in [-0.3, -0.25) is 5.32 Å². The van der Waals surface area contributed by atoms with Gasteiger partial charge in [-0.25, -0.2) is 0 Å². The van der Waals surface area contributed by atoms with Gasteiger partial charge in [0.1, 0.15) is 11.4 Å². The van der Waals surface area contributed by atoms with Gasteiger partial charge >= 0.3 is 0 Å². The van der Waals surface area contributed by atoms with E-state index in [1.807, 2.05) is 6.07 Å². The van der Waals surface area contributed by atoms with Crippen LogP contribution in [0.4, 0.5) is 22.7 Å². The van der Waals surface area contributed by atoms with Gasteiger partial charge in [0.2, 0.25) is 0 Å². The summed E-state index contributed by atoms with van der Waals surface area (Å²) in [6.45, 7) is 2.11. The molecular weight excluding hydrogens is 412 g/mol. The summed E-state index contributed by atoms with van der Waals surface area (Å²) in [4.78, 5) is 2.21. The Bertz CT molecular complexity index is 1340. The molecule has 0 aromatic heterocycles. The van der Waals surface area contributed by atoms with E-state index in [0.29, 0.717) is 0 Å². The number of aryl methyl sites for hydroxylation is 1. The fraction of sp³-hybridized carbons (Fsp3) is 0.0625. The highest BCUT2D eigenvalue weighted by Gasteiger charge is 2.06. The number of rotatable bonds is 6. The lowest BCUT2D eigenvalue weighted by Crippen LogP contribution is -2.70. The molecule has 0 spiro atoms. The molecule has 5 aromatic carbocycles. The first-order valence-electron chi connectivity index (χ1n) is 11.7. The van der Waals surface area contributed by atoms with E-state index in [9.17, 15) is 0 Å². The van der Waals surface area contributed by atoms with Crippen LogP contribution < -0.4 is 10.2 Å². The van der Waals surface area contributed by atoms with Crippen LogP contribution in [0.3, 0.4) is 0 Å². The van der Waals surface area contributed by atoms with Crippen LogP contribution in [0.5, 0.6) is 0 Å². The van der Waals surface area contributed by atoms with Crippen LogP contribution in [0, 0.1) is 6.92 Å². The highest BCUT2D eigenvalue weighted by atomic mass is 15.1. The molecule has 0 atom stereocenters. The summed E-state index contributed by atoms with van der Waals surface area (Å²) in [7, 11) is 2.11. The Morgan fingerprint density at radius 3 is 1.29 bits per heavy atom. The third kappa shape index (κ3) is 4.93. The lowest BCUT2D eigenvalue weighted by Gasteiger charge is -2.20. The fourth-order valence-electron chi connectivity index (χ4n) is 4.16. The van der Waals surface area contributed by atoms with E-state index in [1.165, 1.54) is 50.6 Å². The van der Waals surface area contributed by atoms with Crippen molar-refractivity contribution >= 4 is 22.7 Å². The summed E-state index contributed by atoms with van der Waals surface area (Å²) in [6.07, 6.45) is 0. The zero-order chi connectivity index (χ0) is 23.3. The third-order valence-corrected chi connectivity index (χ3v) is 6.27. The quantitative estimate of drug-likeness (QED) is 0.269. The second kappa shape index (κ2) is 9.78. The monoisotopic (exact) mass is 441 g/mol. The molecule has 2 heteroatoms. The van der Waals surface area contributed by atoms with Crippen molar-refractivity contribution in [1.29, 1.82) is 0 Å². The standard InChI is InChI=1S/C32H28N2/c1-24-8-20-31(21-9-24)34(2)32-22-14-28(15-23-32)27-12-18-30(19-13-27)33-29-16-10-26(11-17-29)25-6-4-3-5-7-25/h3-23,33H,1-2H3/p+1. The van der Waals surface area contributed by atoms with Gasteiger partial charge in [0.05, 0.1) is 0 Å². The Morgan fingerprint density at radius 2 is 0.824 bits per heavy atom. The molecule has 34 heavy (non-hydrogen) atoms. The molecule has 0 bridgehead atoms. The summed E-state index contributed by atoms with van der Waals surface area (Å²) in [6, 6.07) is 45.4. The van der Waals surface area contributed by atoms with E-state index < -0.39 is 0 Å². The van der Waals surface area contributed by atoms with Crippen LogP contribution in [0.25, 0.3) is 22.3 Å². The zero-order valence-corrected chi connectivity index (χ0v) is 19.6. The third-order valence-electron chi connectivity index (χ3n) is 6.27. The average molecular weight is 442 g/mol. The van der Waals surface area contributed by atoms with E-state index in [-0.39, 0.29) is 0 Å². The maximum absolute atomic E-state index is 2.22. The molecule has 2 N–H and O–H groups in total. The minimum absolute atomic E-state index is 1.18. The first kappa shape index (κ1) is 21.7. The molecule has 0 saturated heterocycles. The van der Waals surface area contributed by atoms with Crippen molar-refractivity contribution in [2.75, 3.05) is 11.9 Å². The van der Waals surface area contributed by atoms with Crippen LogP contribution in [-0.2, 0) is 0 Å². The van der Waals surface area contributed by atoms with Gasteiger partial charge in [-0.05, 0) is 102 Å². The van der Waals surface area contributed by atoms with E-state index in [1.54, 1.807) is 0 Å². The molecule has 0 heterocycles. The van der Waals surface area contributed by atoms with E-state index in [2.05, 4.69) is 146 Å². The average Bonchev–Trinajstić information content (AvgIpc) is 2.90. The van der Waals surface area contributed by atoms with Crippen LogP contribution in [0.1, 0.15) is 5.56 Å². The van der Waals surface area contributed by atoms with Gasteiger partial charge in [-0.15, -0.1) is 0 Å². The topological polar surface area (TPSA) is 19.9 Å². The normalized spacial score (nSPS) is 10.8. The molecule has 0 aliphatic carbocycles. The van der Waals surface area contributed by atoms with Gasteiger partial charge in [0.15, 0.2) is 0 Å². The Kier molecular flexibility index (Phi) is 6.24. The molecule has 0 fully saturated rings. The van der Waals surface area contributed by atoms with Crippen molar-refractivity contribution in [3.63, 3.8) is 0 Å². The molecule has 0 aliphatic heterocycles. The number of hydrogen-bond acceptors (Lipinski definition) is 1. The molecule has 5 aromatic rings. The Hall–Kier alpha value is -4.14. The van der Waals surface area contributed by atoms with Crippen LogP contribution in [-0.4, -0.2) is 7.05 Å². The van der Waals surface area contributed by atoms with Crippen LogP contribution in [0.2, 0.25) is 0 Å². The van der Waals surface area contributed by atoms with Gasteiger partial charge in [0.25, 0.3) is 0 Å². The van der Waals surface area contributed by atoms with Gasteiger partial charge in [0, 0.05) is 18.4 Å². The van der Waals surface area contributed by atoms with E-state index in [4.69, 9.17) is 0 Å². The molecule has 0 saturated carbocycles. The molecule has 0 radical (unpaired) electrons.